The van der Waals surface area contributed by atoms with Gasteiger partial charge in [0.15, 0.2) is 0 Å². The van der Waals surface area contributed by atoms with E-state index in [9.17, 15) is 4.79 Å². The van der Waals surface area contributed by atoms with Crippen LogP contribution in [0.2, 0.25) is 10.0 Å². The average Bonchev–Trinajstić information content (AvgIpc) is 2.53. The third-order valence-electron chi connectivity index (χ3n) is 3.18. The van der Waals surface area contributed by atoms with Gasteiger partial charge in [-0.2, -0.15) is 0 Å². The van der Waals surface area contributed by atoms with E-state index >= 15 is 0 Å². The van der Waals surface area contributed by atoms with Gasteiger partial charge in [-0.3, -0.25) is 4.79 Å². The Morgan fingerprint density at radius 3 is 2.59 bits per heavy atom. The number of aryl methyl sites for hydroxylation is 1. The third-order valence-corrected chi connectivity index (χ3v) is 3.74. The summed E-state index contributed by atoms with van der Waals surface area (Å²) < 4.78 is 0. The molecule has 0 aliphatic rings. The summed E-state index contributed by atoms with van der Waals surface area (Å²) in [7, 11) is 0. The lowest BCUT2D eigenvalue weighted by Gasteiger charge is -2.09. The molecule has 1 amide bonds. The number of rotatable bonds is 7. The molecular weight excluding hydrogens is 319 g/mol. The van der Waals surface area contributed by atoms with Crippen LogP contribution in [0, 0.1) is 0 Å². The second-order valence-corrected chi connectivity index (χ2v) is 5.76. The van der Waals surface area contributed by atoms with Crippen molar-refractivity contribution in [3.63, 3.8) is 0 Å². The molecule has 5 heteroatoms. The fraction of sp³-hybridized carbons (Fsp3) is 0.235. The van der Waals surface area contributed by atoms with Gasteiger partial charge in [-0.25, -0.2) is 0 Å². The van der Waals surface area contributed by atoms with E-state index in [0.29, 0.717) is 22.3 Å². The minimum atomic E-state index is -0.0656. The maximum Gasteiger partial charge on any atom is 0.239 e. The number of nitrogens with one attached hydrogen (secondary N) is 2. The largest absolute Gasteiger partial charge is 0.375 e. The lowest BCUT2D eigenvalue weighted by Crippen LogP contribution is -2.30. The molecule has 3 nitrogen and oxygen atoms in total. The van der Waals surface area contributed by atoms with Crippen LogP contribution in [0.1, 0.15) is 12.0 Å². The van der Waals surface area contributed by atoms with Gasteiger partial charge in [0.1, 0.15) is 0 Å². The molecular formula is C17H18Cl2N2O. The molecule has 0 saturated carbocycles. The molecule has 0 aliphatic heterocycles. The maximum atomic E-state index is 11.8. The van der Waals surface area contributed by atoms with Crippen LogP contribution in [0.25, 0.3) is 0 Å². The minimum absolute atomic E-state index is 0.0656. The molecule has 2 N–H and O–H groups in total. The van der Waals surface area contributed by atoms with Crippen molar-refractivity contribution < 1.29 is 4.79 Å². The number of carbonyl (C=O) groups is 1. The van der Waals surface area contributed by atoms with Crippen molar-refractivity contribution >= 4 is 34.8 Å². The van der Waals surface area contributed by atoms with Gasteiger partial charge in [-0.1, -0.05) is 53.5 Å². The van der Waals surface area contributed by atoms with Gasteiger partial charge < -0.3 is 10.6 Å². The number of hydrogen-bond donors (Lipinski definition) is 2. The van der Waals surface area contributed by atoms with Crippen LogP contribution in [0.4, 0.5) is 5.69 Å². The summed E-state index contributed by atoms with van der Waals surface area (Å²) in [5.41, 5.74) is 1.94. The lowest BCUT2D eigenvalue weighted by atomic mass is 10.1. The average molecular weight is 337 g/mol. The van der Waals surface area contributed by atoms with Crippen molar-refractivity contribution in [2.75, 3.05) is 18.4 Å². The number of anilines is 1. The lowest BCUT2D eigenvalue weighted by molar-refractivity contribution is -0.119. The van der Waals surface area contributed by atoms with Crippen molar-refractivity contribution in [1.29, 1.82) is 0 Å². The summed E-state index contributed by atoms with van der Waals surface area (Å²) in [6.45, 7) is 0.823. The van der Waals surface area contributed by atoms with Gasteiger partial charge in [0, 0.05) is 11.6 Å². The second-order valence-electron chi connectivity index (χ2n) is 4.92. The van der Waals surface area contributed by atoms with Crippen LogP contribution in [0.5, 0.6) is 0 Å². The Morgan fingerprint density at radius 1 is 1.05 bits per heavy atom. The molecule has 0 atom stereocenters. The van der Waals surface area contributed by atoms with Crippen LogP contribution in [0.3, 0.4) is 0 Å². The van der Waals surface area contributed by atoms with E-state index in [2.05, 4.69) is 22.8 Å². The van der Waals surface area contributed by atoms with E-state index in [1.807, 2.05) is 18.2 Å². The van der Waals surface area contributed by atoms with Crippen LogP contribution in [0.15, 0.2) is 48.5 Å². The molecule has 0 unspecified atom stereocenters. The van der Waals surface area contributed by atoms with E-state index in [0.717, 1.165) is 12.8 Å². The smallest absolute Gasteiger partial charge is 0.239 e. The van der Waals surface area contributed by atoms with Gasteiger partial charge in [0.25, 0.3) is 0 Å². The number of hydrogen-bond acceptors (Lipinski definition) is 2. The molecule has 2 aromatic rings. The highest BCUT2D eigenvalue weighted by atomic mass is 35.5. The Kier molecular flexibility index (Phi) is 6.56. The Labute approximate surface area is 140 Å². The molecule has 0 fully saturated rings. The summed E-state index contributed by atoms with van der Waals surface area (Å²) >= 11 is 11.9. The summed E-state index contributed by atoms with van der Waals surface area (Å²) in [6, 6.07) is 15.3. The topological polar surface area (TPSA) is 41.1 Å². The predicted molar refractivity (Wildman–Crippen MR) is 92.7 cm³/mol. The first kappa shape index (κ1) is 16.7. The van der Waals surface area contributed by atoms with Crippen LogP contribution < -0.4 is 10.6 Å². The Hall–Kier alpha value is -1.71. The molecule has 2 rings (SSSR count). The van der Waals surface area contributed by atoms with Crippen molar-refractivity contribution in [3.05, 3.63) is 64.1 Å². The molecule has 0 saturated heterocycles. The molecule has 0 bridgehead atoms. The van der Waals surface area contributed by atoms with Crippen LogP contribution in [-0.2, 0) is 11.2 Å². The highest BCUT2D eigenvalue weighted by Crippen LogP contribution is 2.24. The van der Waals surface area contributed by atoms with E-state index in [4.69, 9.17) is 23.2 Å². The predicted octanol–water partition coefficient (Wildman–Crippen LogP) is 4.15. The number of amides is 1. The van der Waals surface area contributed by atoms with Gasteiger partial charge in [0.05, 0.1) is 17.3 Å². The zero-order chi connectivity index (χ0) is 15.8. The fourth-order valence-electron chi connectivity index (χ4n) is 2.04. The summed E-state index contributed by atoms with van der Waals surface area (Å²) in [6.07, 6.45) is 1.86. The first-order valence-electron chi connectivity index (χ1n) is 7.15. The molecule has 0 aromatic heterocycles. The Bertz CT molecular complexity index is 617. The summed E-state index contributed by atoms with van der Waals surface area (Å²) in [4.78, 5) is 11.8. The normalized spacial score (nSPS) is 10.3. The van der Waals surface area contributed by atoms with Crippen molar-refractivity contribution in [3.8, 4) is 0 Å². The standard InChI is InChI=1S/C17H18Cl2N2O/c18-14-8-9-15(19)16(11-14)21-12-17(22)20-10-4-7-13-5-2-1-3-6-13/h1-3,5-6,8-9,11,21H,4,7,10,12H2,(H,20,22). The minimum Gasteiger partial charge on any atom is -0.375 e. The zero-order valence-electron chi connectivity index (χ0n) is 12.1. The Balaban J connectivity index is 1.67. The van der Waals surface area contributed by atoms with E-state index in [1.165, 1.54) is 5.56 Å². The number of carbonyl (C=O) groups excluding carboxylic acids is 1. The third kappa shape index (κ3) is 5.58. The number of benzene rings is 2. The van der Waals surface area contributed by atoms with E-state index < -0.39 is 0 Å². The van der Waals surface area contributed by atoms with Crippen LogP contribution >= 0.6 is 23.2 Å². The molecule has 22 heavy (non-hydrogen) atoms. The highest BCUT2D eigenvalue weighted by Gasteiger charge is 2.04. The quantitative estimate of drug-likeness (QED) is 0.745. The molecule has 0 heterocycles. The van der Waals surface area contributed by atoms with Crippen LogP contribution in [-0.4, -0.2) is 19.0 Å². The highest BCUT2D eigenvalue weighted by molar-refractivity contribution is 6.35. The molecule has 116 valence electrons. The summed E-state index contributed by atoms with van der Waals surface area (Å²) in [5, 5.41) is 6.99. The first-order valence-corrected chi connectivity index (χ1v) is 7.90. The fourth-order valence-corrected chi connectivity index (χ4v) is 2.39. The van der Waals surface area contributed by atoms with Gasteiger partial charge in [-0.15, -0.1) is 0 Å². The maximum absolute atomic E-state index is 11.8. The zero-order valence-corrected chi connectivity index (χ0v) is 13.6. The molecule has 2 aromatic carbocycles. The van der Waals surface area contributed by atoms with Gasteiger partial charge >= 0.3 is 0 Å². The second kappa shape index (κ2) is 8.66. The molecule has 0 spiro atoms. The molecule has 0 aliphatic carbocycles. The Morgan fingerprint density at radius 2 is 1.82 bits per heavy atom. The van der Waals surface area contributed by atoms with E-state index in [1.54, 1.807) is 18.2 Å². The molecule has 0 radical (unpaired) electrons. The van der Waals surface area contributed by atoms with Crippen molar-refractivity contribution in [2.45, 2.75) is 12.8 Å². The monoisotopic (exact) mass is 336 g/mol. The van der Waals surface area contributed by atoms with E-state index in [-0.39, 0.29) is 12.5 Å². The first-order chi connectivity index (χ1) is 10.6. The SMILES string of the molecule is O=C(CNc1cc(Cl)ccc1Cl)NCCCc1ccccc1. The summed E-state index contributed by atoms with van der Waals surface area (Å²) in [5.74, 6) is -0.0656. The number of halogens is 2. The van der Waals surface area contributed by atoms with Crippen molar-refractivity contribution in [1.82, 2.24) is 5.32 Å². The van der Waals surface area contributed by atoms with Gasteiger partial charge in [0.2, 0.25) is 5.91 Å². The van der Waals surface area contributed by atoms with Gasteiger partial charge in [-0.05, 0) is 36.6 Å². The van der Waals surface area contributed by atoms with Crippen molar-refractivity contribution in [2.24, 2.45) is 0 Å².